The second kappa shape index (κ2) is 6.07. The molecule has 0 unspecified atom stereocenters. The average molecular weight is 366 g/mol. The molecule has 25 heavy (non-hydrogen) atoms. The van der Waals surface area contributed by atoms with E-state index in [0.29, 0.717) is 11.3 Å². The van der Waals surface area contributed by atoms with Crippen molar-refractivity contribution < 1.29 is 18.3 Å². The molecular weight excluding hydrogens is 340 g/mol. The van der Waals surface area contributed by atoms with Crippen LogP contribution in [0.25, 0.3) is 0 Å². The fourth-order valence-corrected chi connectivity index (χ4v) is 5.08. The lowest BCUT2D eigenvalue weighted by atomic mass is 9.85. The zero-order chi connectivity index (χ0) is 18.5. The van der Waals surface area contributed by atoms with E-state index in [9.17, 15) is 18.3 Å². The van der Waals surface area contributed by atoms with Crippen LogP contribution in [0.4, 0.5) is 5.69 Å². The second-order valence-electron chi connectivity index (χ2n) is 7.93. The standard InChI is InChI=1S/C18H26N2O4S/c1-12-8-13(9-14-15(12)20-16(22)17(14,2)3)25(23,24)19-10-18(11-21)6-4-5-7-18/h8-9,19,21H,4-7,10-11H2,1-3H3,(H,20,22). The van der Waals surface area contributed by atoms with E-state index in [1.807, 2.05) is 0 Å². The van der Waals surface area contributed by atoms with Crippen LogP contribution in [0.15, 0.2) is 17.0 Å². The Morgan fingerprint density at radius 1 is 1.24 bits per heavy atom. The summed E-state index contributed by atoms with van der Waals surface area (Å²) in [4.78, 5) is 12.3. The number of carbonyl (C=O) groups excluding carboxylic acids is 1. The molecule has 0 saturated heterocycles. The molecule has 6 nitrogen and oxygen atoms in total. The van der Waals surface area contributed by atoms with Gasteiger partial charge in [0, 0.05) is 24.3 Å². The normalized spacial score (nSPS) is 21.2. The SMILES string of the molecule is Cc1cc(S(=O)(=O)NCC2(CO)CCCC2)cc2c1NC(=O)C2(C)C. The fourth-order valence-electron chi connectivity index (χ4n) is 3.81. The maximum atomic E-state index is 12.8. The lowest BCUT2D eigenvalue weighted by molar-refractivity contribution is -0.119. The molecule has 0 atom stereocenters. The van der Waals surface area contributed by atoms with Gasteiger partial charge in [0.2, 0.25) is 15.9 Å². The smallest absolute Gasteiger partial charge is 0.240 e. The average Bonchev–Trinajstić information content (AvgIpc) is 3.11. The Hall–Kier alpha value is -1.44. The van der Waals surface area contributed by atoms with Crippen molar-refractivity contribution in [3.05, 3.63) is 23.3 Å². The minimum atomic E-state index is -3.71. The van der Waals surface area contributed by atoms with Crippen molar-refractivity contribution in [1.29, 1.82) is 0 Å². The van der Waals surface area contributed by atoms with Crippen molar-refractivity contribution in [1.82, 2.24) is 4.72 Å². The maximum Gasteiger partial charge on any atom is 0.240 e. The summed E-state index contributed by atoms with van der Waals surface area (Å²) in [6.45, 7) is 5.60. The van der Waals surface area contributed by atoms with Crippen LogP contribution in [0.2, 0.25) is 0 Å². The van der Waals surface area contributed by atoms with Gasteiger partial charge in [-0.25, -0.2) is 13.1 Å². The van der Waals surface area contributed by atoms with Crippen LogP contribution in [-0.4, -0.2) is 32.6 Å². The van der Waals surface area contributed by atoms with Crippen molar-refractivity contribution in [3.63, 3.8) is 0 Å². The zero-order valence-electron chi connectivity index (χ0n) is 15.0. The predicted molar refractivity (Wildman–Crippen MR) is 96.0 cm³/mol. The Morgan fingerprint density at radius 2 is 1.88 bits per heavy atom. The van der Waals surface area contributed by atoms with Gasteiger partial charge in [-0.1, -0.05) is 12.8 Å². The Labute approximate surface area is 149 Å². The number of hydrogen-bond donors (Lipinski definition) is 3. The van der Waals surface area contributed by atoms with E-state index in [-0.39, 0.29) is 29.4 Å². The highest BCUT2D eigenvalue weighted by atomic mass is 32.2. The third kappa shape index (κ3) is 3.09. The first-order valence-electron chi connectivity index (χ1n) is 8.68. The predicted octanol–water partition coefficient (Wildman–Crippen LogP) is 2.06. The molecule has 7 heteroatoms. The Morgan fingerprint density at radius 3 is 2.48 bits per heavy atom. The van der Waals surface area contributed by atoms with Crippen molar-refractivity contribution in [2.24, 2.45) is 5.41 Å². The number of aliphatic hydroxyl groups is 1. The summed E-state index contributed by atoms with van der Waals surface area (Å²) in [6.07, 6.45) is 3.70. The zero-order valence-corrected chi connectivity index (χ0v) is 15.8. The summed E-state index contributed by atoms with van der Waals surface area (Å²) in [6, 6.07) is 3.17. The highest BCUT2D eigenvalue weighted by Gasteiger charge is 2.40. The van der Waals surface area contributed by atoms with Crippen LogP contribution in [-0.2, 0) is 20.2 Å². The van der Waals surface area contributed by atoms with Crippen molar-refractivity contribution in [2.75, 3.05) is 18.5 Å². The van der Waals surface area contributed by atoms with Gasteiger partial charge in [0.15, 0.2) is 0 Å². The Balaban J connectivity index is 1.90. The Bertz CT molecular complexity index is 809. The van der Waals surface area contributed by atoms with Crippen LogP contribution in [0, 0.1) is 12.3 Å². The summed E-state index contributed by atoms with van der Waals surface area (Å²) in [5, 5.41) is 12.5. The summed E-state index contributed by atoms with van der Waals surface area (Å²) < 4.78 is 28.3. The van der Waals surface area contributed by atoms with Gasteiger partial charge in [-0.05, 0) is 56.9 Å². The molecule has 3 N–H and O–H groups in total. The summed E-state index contributed by atoms with van der Waals surface area (Å²) >= 11 is 0. The molecular formula is C18H26N2O4S. The van der Waals surface area contributed by atoms with Gasteiger partial charge in [0.25, 0.3) is 0 Å². The summed E-state index contributed by atoms with van der Waals surface area (Å²) in [7, 11) is -3.71. The number of aryl methyl sites for hydroxylation is 1. The van der Waals surface area contributed by atoms with Crippen LogP contribution in [0.5, 0.6) is 0 Å². The molecule has 1 aliphatic carbocycles. The third-order valence-electron chi connectivity index (χ3n) is 5.74. The molecule has 1 amide bonds. The van der Waals surface area contributed by atoms with E-state index in [1.54, 1.807) is 32.9 Å². The van der Waals surface area contributed by atoms with E-state index in [1.165, 1.54) is 0 Å². The van der Waals surface area contributed by atoms with Crippen molar-refractivity contribution >= 4 is 21.6 Å². The fraction of sp³-hybridized carbons (Fsp3) is 0.611. The maximum absolute atomic E-state index is 12.8. The van der Waals surface area contributed by atoms with E-state index in [4.69, 9.17) is 0 Å². The molecule has 0 spiro atoms. The number of aliphatic hydroxyl groups excluding tert-OH is 1. The highest BCUT2D eigenvalue weighted by molar-refractivity contribution is 7.89. The Kier molecular flexibility index (Phi) is 4.46. The van der Waals surface area contributed by atoms with Crippen LogP contribution in [0.1, 0.15) is 50.7 Å². The number of sulfonamides is 1. The lowest BCUT2D eigenvalue weighted by Crippen LogP contribution is -2.38. The first-order chi connectivity index (χ1) is 11.6. The quantitative estimate of drug-likeness (QED) is 0.743. The lowest BCUT2D eigenvalue weighted by Gasteiger charge is -2.26. The van der Waals surface area contributed by atoms with E-state index < -0.39 is 15.4 Å². The molecule has 1 aromatic rings. The first kappa shape index (κ1) is 18.4. The van der Waals surface area contributed by atoms with Gasteiger partial charge in [-0.15, -0.1) is 0 Å². The number of fused-ring (bicyclic) bond motifs is 1. The highest BCUT2D eigenvalue weighted by Crippen LogP contribution is 2.41. The van der Waals surface area contributed by atoms with Gasteiger partial charge < -0.3 is 10.4 Å². The minimum absolute atomic E-state index is 0.00973. The van der Waals surface area contributed by atoms with E-state index >= 15 is 0 Å². The summed E-state index contributed by atoms with van der Waals surface area (Å²) in [5.74, 6) is -0.127. The molecule has 2 aliphatic rings. The van der Waals surface area contributed by atoms with E-state index in [2.05, 4.69) is 10.0 Å². The van der Waals surface area contributed by atoms with Gasteiger partial charge in [-0.3, -0.25) is 4.79 Å². The molecule has 0 radical (unpaired) electrons. The monoisotopic (exact) mass is 366 g/mol. The molecule has 1 aromatic carbocycles. The molecule has 3 rings (SSSR count). The van der Waals surface area contributed by atoms with Crippen LogP contribution in [0.3, 0.4) is 0 Å². The van der Waals surface area contributed by atoms with Gasteiger partial charge in [-0.2, -0.15) is 0 Å². The van der Waals surface area contributed by atoms with Crippen molar-refractivity contribution in [2.45, 2.75) is 56.8 Å². The molecule has 1 heterocycles. The molecule has 1 fully saturated rings. The number of carbonyl (C=O) groups is 1. The molecule has 1 saturated carbocycles. The molecule has 138 valence electrons. The molecule has 0 bridgehead atoms. The van der Waals surface area contributed by atoms with Gasteiger partial charge in [0.05, 0.1) is 10.3 Å². The summed E-state index contributed by atoms with van der Waals surface area (Å²) in [5.41, 5.74) is 1.03. The number of amides is 1. The molecule has 1 aliphatic heterocycles. The topological polar surface area (TPSA) is 95.5 Å². The number of benzene rings is 1. The van der Waals surface area contributed by atoms with Crippen LogP contribution >= 0.6 is 0 Å². The number of rotatable bonds is 5. The molecule has 0 aromatic heterocycles. The largest absolute Gasteiger partial charge is 0.396 e. The van der Waals surface area contributed by atoms with Gasteiger partial charge in [0.1, 0.15) is 0 Å². The first-order valence-corrected chi connectivity index (χ1v) is 10.2. The number of anilines is 1. The van der Waals surface area contributed by atoms with Crippen molar-refractivity contribution in [3.8, 4) is 0 Å². The minimum Gasteiger partial charge on any atom is -0.396 e. The van der Waals surface area contributed by atoms with E-state index in [0.717, 1.165) is 31.2 Å². The third-order valence-corrected chi connectivity index (χ3v) is 7.12. The van der Waals surface area contributed by atoms with Gasteiger partial charge >= 0.3 is 0 Å². The van der Waals surface area contributed by atoms with Crippen LogP contribution < -0.4 is 10.0 Å². The number of hydrogen-bond acceptors (Lipinski definition) is 4. The second-order valence-corrected chi connectivity index (χ2v) is 9.70. The number of nitrogens with one attached hydrogen (secondary N) is 2.